The van der Waals surface area contributed by atoms with Crippen LogP contribution in [0.25, 0.3) is 10.1 Å². The zero-order valence-electron chi connectivity index (χ0n) is 7.34. The van der Waals surface area contributed by atoms with E-state index in [1.807, 2.05) is 11.3 Å². The van der Waals surface area contributed by atoms with Gasteiger partial charge >= 0.3 is 0 Å². The molecule has 1 aromatic heterocycles. The van der Waals surface area contributed by atoms with Crippen LogP contribution in [0.15, 0.2) is 24.3 Å². The Kier molecular flexibility index (Phi) is 1.66. The van der Waals surface area contributed by atoms with Crippen molar-refractivity contribution in [2.75, 3.05) is 0 Å². The monoisotopic (exact) mass is 186 g/mol. The molecule has 0 atom stereocenters. The molecule has 0 saturated heterocycles. The molecule has 0 amide bonds. The Morgan fingerprint density at radius 1 is 1.23 bits per heavy atom. The van der Waals surface area contributed by atoms with Crippen LogP contribution in [0.3, 0.4) is 0 Å². The van der Waals surface area contributed by atoms with Crippen LogP contribution < -0.4 is 0 Å². The number of fused-ring (bicyclic) bond motifs is 3. The van der Waals surface area contributed by atoms with Crippen molar-refractivity contribution in [3.63, 3.8) is 0 Å². The Labute approximate surface area is 82.2 Å². The molecule has 0 nitrogen and oxygen atoms in total. The van der Waals surface area contributed by atoms with E-state index in [1.54, 1.807) is 0 Å². The molecule has 1 aliphatic rings. The second-order valence-electron chi connectivity index (χ2n) is 3.43. The molecular formula is C12H10S. The van der Waals surface area contributed by atoms with Gasteiger partial charge in [-0.25, -0.2) is 0 Å². The number of aryl methyl sites for hydroxylation is 1. The molecule has 0 spiro atoms. The molecule has 0 unspecified atom stereocenters. The van der Waals surface area contributed by atoms with Gasteiger partial charge in [-0.2, -0.15) is 0 Å². The Balaban J connectivity index is 2.34. The van der Waals surface area contributed by atoms with E-state index in [4.69, 9.17) is 0 Å². The topological polar surface area (TPSA) is 0 Å². The van der Waals surface area contributed by atoms with Gasteiger partial charge in [0.1, 0.15) is 0 Å². The van der Waals surface area contributed by atoms with Gasteiger partial charge in [0, 0.05) is 16.0 Å². The zero-order chi connectivity index (χ0) is 8.67. The molecule has 2 aromatic rings. The lowest BCUT2D eigenvalue weighted by molar-refractivity contribution is 0.792. The lowest BCUT2D eigenvalue weighted by atomic mass is 9.96. The van der Waals surface area contributed by atoms with E-state index >= 15 is 0 Å². The molecule has 0 fully saturated rings. The Morgan fingerprint density at radius 2 is 2.15 bits per heavy atom. The summed E-state index contributed by atoms with van der Waals surface area (Å²) in [6, 6.07) is 8.65. The van der Waals surface area contributed by atoms with E-state index in [9.17, 15) is 0 Å². The quantitative estimate of drug-likeness (QED) is 0.589. The minimum Gasteiger partial charge on any atom is -0.140 e. The Morgan fingerprint density at radius 3 is 3.15 bits per heavy atom. The molecule has 1 heteroatoms. The molecule has 2 radical (unpaired) electrons. The summed E-state index contributed by atoms with van der Waals surface area (Å²) in [5, 5.41) is 1.40. The first-order valence-electron chi connectivity index (χ1n) is 4.69. The first kappa shape index (κ1) is 7.57. The lowest BCUT2D eigenvalue weighted by Gasteiger charge is -2.08. The Hall–Kier alpha value is -0.820. The third kappa shape index (κ3) is 1.11. The second-order valence-corrected chi connectivity index (χ2v) is 4.56. The number of thiophene rings is 1. The molecule has 1 aromatic carbocycles. The SMILES string of the molecule is [C]1CCCc2sc3ccccc3c21. The largest absolute Gasteiger partial charge is 0.140 e. The molecule has 0 saturated carbocycles. The average molecular weight is 186 g/mol. The minimum absolute atomic E-state index is 1.13. The van der Waals surface area contributed by atoms with E-state index in [-0.39, 0.29) is 0 Å². The molecule has 1 heterocycles. The van der Waals surface area contributed by atoms with Crippen LogP contribution in [0.2, 0.25) is 0 Å². The maximum atomic E-state index is 3.50. The molecule has 0 bridgehead atoms. The highest BCUT2D eigenvalue weighted by Gasteiger charge is 2.15. The fourth-order valence-corrected chi connectivity index (χ4v) is 3.15. The number of hydrogen-bond acceptors (Lipinski definition) is 1. The van der Waals surface area contributed by atoms with Gasteiger partial charge in [-0.15, -0.1) is 11.3 Å². The molecule has 1 aliphatic carbocycles. The minimum atomic E-state index is 1.13. The molecule has 64 valence electrons. The van der Waals surface area contributed by atoms with E-state index in [2.05, 4.69) is 30.7 Å². The summed E-state index contributed by atoms with van der Waals surface area (Å²) in [6.45, 7) is 0. The molecule has 0 N–H and O–H groups in total. The number of benzene rings is 1. The predicted octanol–water partition coefficient (Wildman–Crippen LogP) is 3.67. The smallest absolute Gasteiger partial charge is 0.0348 e. The molecular weight excluding hydrogens is 176 g/mol. The summed E-state index contributed by atoms with van der Waals surface area (Å²) in [6.07, 6.45) is 7.16. The summed E-state index contributed by atoms with van der Waals surface area (Å²) in [4.78, 5) is 1.53. The first-order valence-corrected chi connectivity index (χ1v) is 5.51. The summed E-state index contributed by atoms with van der Waals surface area (Å²) in [5.74, 6) is 0. The fourth-order valence-electron chi connectivity index (χ4n) is 1.93. The number of rotatable bonds is 0. The number of hydrogen-bond donors (Lipinski definition) is 0. The Bertz CT molecular complexity index is 439. The highest BCUT2D eigenvalue weighted by atomic mass is 32.1. The van der Waals surface area contributed by atoms with Crippen LogP contribution in [0.5, 0.6) is 0 Å². The maximum Gasteiger partial charge on any atom is 0.0348 e. The molecule has 3 rings (SSSR count). The van der Waals surface area contributed by atoms with Crippen molar-refractivity contribution < 1.29 is 0 Å². The summed E-state index contributed by atoms with van der Waals surface area (Å²) in [7, 11) is 0. The third-order valence-electron chi connectivity index (χ3n) is 2.55. The van der Waals surface area contributed by atoms with Crippen molar-refractivity contribution >= 4 is 21.4 Å². The average Bonchev–Trinajstić information content (AvgIpc) is 2.56. The van der Waals surface area contributed by atoms with Crippen molar-refractivity contribution in [1.82, 2.24) is 0 Å². The fraction of sp³-hybridized carbons (Fsp3) is 0.250. The summed E-state index contributed by atoms with van der Waals surface area (Å²) in [5.41, 5.74) is 1.40. The van der Waals surface area contributed by atoms with Crippen molar-refractivity contribution in [2.24, 2.45) is 0 Å². The van der Waals surface area contributed by atoms with E-state index < -0.39 is 0 Å². The predicted molar refractivity (Wildman–Crippen MR) is 57.1 cm³/mol. The molecule has 13 heavy (non-hydrogen) atoms. The van der Waals surface area contributed by atoms with Crippen molar-refractivity contribution in [1.29, 1.82) is 0 Å². The van der Waals surface area contributed by atoms with Crippen LogP contribution in [0.1, 0.15) is 23.3 Å². The highest BCUT2D eigenvalue weighted by Crippen LogP contribution is 2.36. The van der Waals surface area contributed by atoms with Crippen LogP contribution in [0.4, 0.5) is 0 Å². The normalized spacial score (nSPS) is 16.0. The van der Waals surface area contributed by atoms with Crippen LogP contribution in [-0.2, 0) is 6.42 Å². The van der Waals surface area contributed by atoms with Gasteiger partial charge in [0.05, 0.1) is 0 Å². The van der Waals surface area contributed by atoms with Crippen LogP contribution in [-0.4, -0.2) is 0 Å². The van der Waals surface area contributed by atoms with Gasteiger partial charge in [0.25, 0.3) is 0 Å². The standard InChI is InChI=1S/C12H10S/c1-3-7-11-9(5-1)10-6-2-4-8-12(10)13-11/h1,3,5,7H,2,4,8H2. The third-order valence-corrected chi connectivity index (χ3v) is 3.78. The molecule has 0 aliphatic heterocycles. The van der Waals surface area contributed by atoms with Gasteiger partial charge < -0.3 is 0 Å². The van der Waals surface area contributed by atoms with Gasteiger partial charge in [-0.1, -0.05) is 18.2 Å². The zero-order valence-corrected chi connectivity index (χ0v) is 8.16. The van der Waals surface area contributed by atoms with Crippen molar-refractivity contribution in [3.05, 3.63) is 41.1 Å². The van der Waals surface area contributed by atoms with Gasteiger partial charge in [0.15, 0.2) is 0 Å². The highest BCUT2D eigenvalue weighted by molar-refractivity contribution is 7.19. The van der Waals surface area contributed by atoms with Crippen molar-refractivity contribution in [3.8, 4) is 0 Å². The van der Waals surface area contributed by atoms with Gasteiger partial charge in [-0.3, -0.25) is 0 Å². The van der Waals surface area contributed by atoms with Crippen molar-refractivity contribution in [2.45, 2.75) is 19.3 Å². The van der Waals surface area contributed by atoms with E-state index in [0.29, 0.717) is 0 Å². The first-order chi connectivity index (χ1) is 6.45. The van der Waals surface area contributed by atoms with E-state index in [0.717, 1.165) is 6.42 Å². The van der Waals surface area contributed by atoms with Crippen LogP contribution in [0, 0.1) is 6.42 Å². The van der Waals surface area contributed by atoms with Gasteiger partial charge in [0.2, 0.25) is 0 Å². The summed E-state index contributed by atoms with van der Waals surface area (Å²) >= 11 is 1.94. The lowest BCUT2D eigenvalue weighted by Crippen LogP contribution is -1.95. The van der Waals surface area contributed by atoms with Gasteiger partial charge in [-0.05, 0) is 36.3 Å². The summed E-state index contributed by atoms with van der Waals surface area (Å²) < 4.78 is 1.42. The second kappa shape index (κ2) is 2.85. The van der Waals surface area contributed by atoms with E-state index in [1.165, 1.54) is 33.4 Å². The van der Waals surface area contributed by atoms with Crippen LogP contribution >= 0.6 is 11.3 Å². The maximum absolute atomic E-state index is 3.50.